The number of nitrogens with zero attached hydrogens (tertiary/aromatic N) is 1. The minimum atomic E-state index is -4.57. The summed E-state index contributed by atoms with van der Waals surface area (Å²) in [4.78, 5) is 27.4. The number of benzene rings is 1. The molecule has 0 bridgehead atoms. The summed E-state index contributed by atoms with van der Waals surface area (Å²) in [7, 11) is 0. The molecule has 0 fully saturated rings. The highest BCUT2D eigenvalue weighted by molar-refractivity contribution is 6.08. The number of aryl methyl sites for hydroxylation is 1. The number of pyridine rings is 1. The van der Waals surface area contributed by atoms with Crippen LogP contribution >= 0.6 is 0 Å². The van der Waals surface area contributed by atoms with E-state index in [0.29, 0.717) is 23.2 Å². The fourth-order valence-corrected chi connectivity index (χ4v) is 2.80. The summed E-state index contributed by atoms with van der Waals surface area (Å²) >= 11 is 0. The number of para-hydroxylation sites is 1. The number of ketones is 1. The maximum absolute atomic E-state index is 12.8. The lowest BCUT2D eigenvalue weighted by atomic mass is 10.0. The van der Waals surface area contributed by atoms with Gasteiger partial charge in [-0.3, -0.25) is 9.59 Å². The van der Waals surface area contributed by atoms with Crippen LogP contribution in [0.3, 0.4) is 0 Å². The van der Waals surface area contributed by atoms with E-state index < -0.39 is 29.6 Å². The fraction of sp³-hybridized carbons (Fsp3) is 0.222. The molecule has 0 aliphatic carbocycles. The second-order valence-electron chi connectivity index (χ2n) is 5.70. The van der Waals surface area contributed by atoms with E-state index in [-0.39, 0.29) is 0 Å². The second kappa shape index (κ2) is 6.23. The Labute approximate surface area is 140 Å². The largest absolute Gasteiger partial charge is 0.417 e. The van der Waals surface area contributed by atoms with Crippen molar-refractivity contribution in [3.63, 3.8) is 0 Å². The Morgan fingerprint density at radius 3 is 2.64 bits per heavy atom. The van der Waals surface area contributed by atoms with Crippen LogP contribution < -0.4 is 5.56 Å². The number of rotatable bonds is 4. The van der Waals surface area contributed by atoms with Crippen molar-refractivity contribution in [3.05, 3.63) is 69.8 Å². The first-order valence-corrected chi connectivity index (χ1v) is 7.71. The molecule has 0 amide bonds. The van der Waals surface area contributed by atoms with Gasteiger partial charge in [0.1, 0.15) is 0 Å². The monoisotopic (exact) mass is 348 g/mol. The highest BCUT2D eigenvalue weighted by Crippen LogP contribution is 2.28. The van der Waals surface area contributed by atoms with Gasteiger partial charge in [-0.25, -0.2) is 0 Å². The lowest BCUT2D eigenvalue weighted by molar-refractivity contribution is -0.138. The zero-order chi connectivity index (χ0) is 18.2. The molecule has 1 N–H and O–H groups in total. The maximum atomic E-state index is 12.8. The van der Waals surface area contributed by atoms with E-state index in [1.165, 1.54) is 6.20 Å². The highest BCUT2D eigenvalue weighted by Gasteiger charge is 2.31. The Morgan fingerprint density at radius 2 is 1.96 bits per heavy atom. The van der Waals surface area contributed by atoms with E-state index in [2.05, 4.69) is 4.98 Å². The first-order chi connectivity index (χ1) is 11.8. The van der Waals surface area contributed by atoms with E-state index in [4.69, 9.17) is 0 Å². The summed E-state index contributed by atoms with van der Waals surface area (Å²) in [5.74, 6) is -0.430. The van der Waals surface area contributed by atoms with Crippen molar-refractivity contribution in [3.8, 4) is 0 Å². The van der Waals surface area contributed by atoms with Crippen molar-refractivity contribution in [2.24, 2.45) is 0 Å². The van der Waals surface area contributed by atoms with E-state index in [1.54, 1.807) is 6.07 Å². The van der Waals surface area contributed by atoms with Crippen molar-refractivity contribution in [2.45, 2.75) is 26.1 Å². The number of aromatic nitrogens is 2. The van der Waals surface area contributed by atoms with E-state index in [0.717, 1.165) is 28.1 Å². The standard InChI is InChI=1S/C18H15F3N2O2/c1-2-11-4-3-5-13-14(8-22-17(11)13)15(24)10-23-9-12(18(19,20)21)6-7-16(23)25/h3-9,22H,2,10H2,1H3. The molecule has 0 atom stereocenters. The summed E-state index contributed by atoms with van der Waals surface area (Å²) in [6, 6.07) is 7.06. The van der Waals surface area contributed by atoms with Gasteiger partial charge in [-0.2, -0.15) is 13.2 Å². The zero-order valence-corrected chi connectivity index (χ0v) is 13.4. The predicted molar refractivity (Wildman–Crippen MR) is 87.7 cm³/mol. The molecule has 0 aliphatic rings. The normalized spacial score (nSPS) is 11.8. The van der Waals surface area contributed by atoms with Crippen LogP contribution in [0, 0.1) is 0 Å². The van der Waals surface area contributed by atoms with Crippen LogP contribution in [0.4, 0.5) is 13.2 Å². The van der Waals surface area contributed by atoms with Gasteiger partial charge in [0.25, 0.3) is 5.56 Å². The Hall–Kier alpha value is -2.83. The minimum Gasteiger partial charge on any atom is -0.360 e. The van der Waals surface area contributed by atoms with E-state index in [1.807, 2.05) is 19.1 Å². The number of aromatic amines is 1. The first kappa shape index (κ1) is 17.0. The summed E-state index contributed by atoms with van der Waals surface area (Å²) in [5.41, 5.74) is 0.592. The van der Waals surface area contributed by atoms with Crippen LogP contribution in [0.15, 0.2) is 47.5 Å². The molecule has 7 heteroatoms. The summed E-state index contributed by atoms with van der Waals surface area (Å²) in [6.45, 7) is 1.53. The Morgan fingerprint density at radius 1 is 1.20 bits per heavy atom. The number of hydrogen-bond donors (Lipinski definition) is 1. The fourth-order valence-electron chi connectivity index (χ4n) is 2.80. The van der Waals surface area contributed by atoms with Gasteiger partial charge in [-0.1, -0.05) is 25.1 Å². The molecule has 25 heavy (non-hydrogen) atoms. The molecule has 0 unspecified atom stereocenters. The molecule has 0 aliphatic heterocycles. The molecule has 2 aromatic heterocycles. The van der Waals surface area contributed by atoms with Gasteiger partial charge in [0, 0.05) is 34.9 Å². The number of H-pyrrole nitrogens is 1. The molecule has 2 heterocycles. The predicted octanol–water partition coefficient (Wildman–Crippen LogP) is 3.79. The number of hydrogen-bond acceptors (Lipinski definition) is 2. The molecule has 3 aromatic rings. The third-order valence-electron chi connectivity index (χ3n) is 4.11. The van der Waals surface area contributed by atoms with Gasteiger partial charge in [-0.15, -0.1) is 0 Å². The van der Waals surface area contributed by atoms with E-state index in [9.17, 15) is 22.8 Å². The second-order valence-corrected chi connectivity index (χ2v) is 5.70. The average Bonchev–Trinajstić information content (AvgIpc) is 2.99. The Bertz CT molecular complexity index is 999. The van der Waals surface area contributed by atoms with Gasteiger partial charge in [0.15, 0.2) is 5.78 Å². The van der Waals surface area contributed by atoms with Crippen molar-refractivity contribution in [1.82, 2.24) is 9.55 Å². The number of fused-ring (bicyclic) bond motifs is 1. The van der Waals surface area contributed by atoms with Crippen molar-refractivity contribution < 1.29 is 18.0 Å². The molecular weight excluding hydrogens is 333 g/mol. The number of halogens is 3. The number of Topliss-reactive ketones (excluding diaryl/α,β-unsaturated/α-hetero) is 1. The third-order valence-corrected chi connectivity index (χ3v) is 4.11. The van der Waals surface area contributed by atoms with Crippen LogP contribution in [0.5, 0.6) is 0 Å². The van der Waals surface area contributed by atoms with Gasteiger partial charge >= 0.3 is 6.18 Å². The molecule has 0 saturated carbocycles. The smallest absolute Gasteiger partial charge is 0.360 e. The third kappa shape index (κ3) is 3.22. The first-order valence-electron chi connectivity index (χ1n) is 7.71. The van der Waals surface area contributed by atoms with Crippen molar-refractivity contribution in [1.29, 1.82) is 0 Å². The zero-order valence-electron chi connectivity index (χ0n) is 13.4. The molecule has 4 nitrogen and oxygen atoms in total. The van der Waals surface area contributed by atoms with Gasteiger partial charge in [0.2, 0.25) is 0 Å². The molecule has 0 saturated heterocycles. The molecule has 0 radical (unpaired) electrons. The minimum absolute atomic E-state index is 0.356. The maximum Gasteiger partial charge on any atom is 0.417 e. The highest BCUT2D eigenvalue weighted by atomic mass is 19.4. The molecule has 130 valence electrons. The van der Waals surface area contributed by atoms with Crippen LogP contribution in [0.2, 0.25) is 0 Å². The average molecular weight is 348 g/mol. The molecular formula is C18H15F3N2O2. The van der Waals surface area contributed by atoms with Gasteiger partial charge in [-0.05, 0) is 18.1 Å². The molecule has 3 rings (SSSR count). The van der Waals surface area contributed by atoms with E-state index >= 15 is 0 Å². The van der Waals surface area contributed by atoms with Crippen molar-refractivity contribution in [2.75, 3.05) is 0 Å². The number of alkyl halides is 3. The topological polar surface area (TPSA) is 54.9 Å². The SMILES string of the molecule is CCc1cccc2c(C(=O)Cn3cc(C(F)(F)F)ccc3=O)c[nH]c12. The molecule has 0 spiro atoms. The van der Waals surface area contributed by atoms with Crippen LogP contribution in [0.25, 0.3) is 10.9 Å². The number of carbonyl (C=O) groups is 1. The summed E-state index contributed by atoms with van der Waals surface area (Å²) in [5, 5.41) is 0.698. The summed E-state index contributed by atoms with van der Waals surface area (Å²) in [6.07, 6.45) is -1.59. The van der Waals surface area contributed by atoms with Crippen LogP contribution in [-0.4, -0.2) is 15.3 Å². The Balaban J connectivity index is 1.97. The lowest BCUT2D eigenvalue weighted by Gasteiger charge is -2.10. The van der Waals surface area contributed by atoms with Gasteiger partial charge in [0.05, 0.1) is 12.1 Å². The quantitative estimate of drug-likeness (QED) is 0.729. The van der Waals surface area contributed by atoms with Crippen LogP contribution in [0.1, 0.15) is 28.4 Å². The van der Waals surface area contributed by atoms with Crippen molar-refractivity contribution >= 4 is 16.7 Å². The Kier molecular flexibility index (Phi) is 4.24. The summed E-state index contributed by atoms with van der Waals surface area (Å²) < 4.78 is 39.2. The lowest BCUT2D eigenvalue weighted by Crippen LogP contribution is -2.25. The van der Waals surface area contributed by atoms with Gasteiger partial charge < -0.3 is 9.55 Å². The van der Waals surface area contributed by atoms with Crippen LogP contribution in [-0.2, 0) is 19.1 Å². The number of nitrogens with one attached hydrogen (secondary N) is 1. The number of carbonyl (C=O) groups excluding carboxylic acids is 1. The molecule has 1 aromatic carbocycles.